The highest BCUT2D eigenvalue weighted by molar-refractivity contribution is 5.78. The number of aryl methyl sites for hydroxylation is 1. The predicted octanol–water partition coefficient (Wildman–Crippen LogP) is 2.42. The van der Waals surface area contributed by atoms with Crippen molar-refractivity contribution >= 4 is 10.9 Å². The molecule has 0 spiro atoms. The number of nitrogens with one attached hydrogen (secondary N) is 1. The third-order valence-corrected chi connectivity index (χ3v) is 3.05. The summed E-state index contributed by atoms with van der Waals surface area (Å²) in [5, 5.41) is 8.89. The lowest BCUT2D eigenvalue weighted by molar-refractivity contribution is 0.494. The van der Waals surface area contributed by atoms with Gasteiger partial charge in [-0.1, -0.05) is 18.2 Å². The smallest absolute Gasteiger partial charge is 0.0682 e. The van der Waals surface area contributed by atoms with Gasteiger partial charge < -0.3 is 5.32 Å². The molecule has 0 radical (unpaired) electrons. The number of aromatic nitrogens is 2. The molecule has 0 aliphatic rings. The van der Waals surface area contributed by atoms with Crippen molar-refractivity contribution in [1.29, 1.82) is 0 Å². The Hall–Kier alpha value is -1.35. The first kappa shape index (κ1) is 11.1. The van der Waals surface area contributed by atoms with E-state index in [-0.39, 0.29) is 0 Å². The fourth-order valence-corrected chi connectivity index (χ4v) is 1.90. The van der Waals surface area contributed by atoms with Gasteiger partial charge in [0, 0.05) is 18.0 Å². The van der Waals surface area contributed by atoms with E-state index in [2.05, 4.69) is 46.3 Å². The minimum absolute atomic E-state index is 0.585. The molecule has 0 fully saturated rings. The molecule has 3 heteroatoms. The van der Waals surface area contributed by atoms with Gasteiger partial charge in [0.25, 0.3) is 0 Å². The summed E-state index contributed by atoms with van der Waals surface area (Å²) < 4.78 is 2.09. The number of benzene rings is 1. The van der Waals surface area contributed by atoms with Gasteiger partial charge in [-0.05, 0) is 32.9 Å². The highest BCUT2D eigenvalue weighted by Crippen LogP contribution is 2.13. The standard InChI is InChI=1S/C13H19N3/c1-11(14-2)6-5-9-16-13-8-4-3-7-12(13)10-15-16/h3-4,7-8,10-11,14H,5-6,9H2,1-2H3. The molecule has 1 N–H and O–H groups in total. The van der Waals surface area contributed by atoms with E-state index in [1.807, 2.05) is 13.2 Å². The number of hydrogen-bond acceptors (Lipinski definition) is 2. The average molecular weight is 217 g/mol. The quantitative estimate of drug-likeness (QED) is 0.833. The van der Waals surface area contributed by atoms with Crippen molar-refractivity contribution in [2.24, 2.45) is 0 Å². The number of nitrogens with zero attached hydrogens (tertiary/aromatic N) is 2. The molecular weight excluding hydrogens is 198 g/mol. The van der Waals surface area contributed by atoms with Crippen LogP contribution in [-0.4, -0.2) is 22.9 Å². The largest absolute Gasteiger partial charge is 0.317 e. The maximum absolute atomic E-state index is 4.41. The van der Waals surface area contributed by atoms with Crippen LogP contribution in [0.4, 0.5) is 0 Å². The van der Waals surface area contributed by atoms with E-state index in [0.29, 0.717) is 6.04 Å². The molecule has 0 aliphatic carbocycles. The van der Waals surface area contributed by atoms with Gasteiger partial charge in [-0.3, -0.25) is 4.68 Å². The van der Waals surface area contributed by atoms with Crippen molar-refractivity contribution in [3.8, 4) is 0 Å². The fourth-order valence-electron chi connectivity index (χ4n) is 1.90. The molecule has 1 heterocycles. The van der Waals surface area contributed by atoms with Gasteiger partial charge in [0.1, 0.15) is 0 Å². The van der Waals surface area contributed by atoms with Crippen LogP contribution in [-0.2, 0) is 6.54 Å². The summed E-state index contributed by atoms with van der Waals surface area (Å²) in [6, 6.07) is 8.94. The minimum Gasteiger partial charge on any atom is -0.317 e. The monoisotopic (exact) mass is 217 g/mol. The first-order valence-corrected chi connectivity index (χ1v) is 5.89. The minimum atomic E-state index is 0.585. The average Bonchev–Trinajstić information content (AvgIpc) is 2.73. The van der Waals surface area contributed by atoms with E-state index < -0.39 is 0 Å². The number of para-hydroxylation sites is 1. The molecule has 0 saturated heterocycles. The Morgan fingerprint density at radius 2 is 2.19 bits per heavy atom. The van der Waals surface area contributed by atoms with Gasteiger partial charge >= 0.3 is 0 Å². The predicted molar refractivity (Wildman–Crippen MR) is 67.5 cm³/mol. The third kappa shape index (κ3) is 2.42. The molecule has 1 unspecified atom stereocenters. The van der Waals surface area contributed by atoms with Crippen molar-refractivity contribution in [2.75, 3.05) is 7.05 Å². The van der Waals surface area contributed by atoms with E-state index in [9.17, 15) is 0 Å². The van der Waals surface area contributed by atoms with E-state index in [1.165, 1.54) is 17.3 Å². The summed E-state index contributed by atoms with van der Waals surface area (Å²) >= 11 is 0. The highest BCUT2D eigenvalue weighted by Gasteiger charge is 2.02. The number of hydrogen-bond donors (Lipinski definition) is 1. The molecule has 86 valence electrons. The van der Waals surface area contributed by atoms with Crippen LogP contribution in [0.1, 0.15) is 19.8 Å². The molecule has 0 aliphatic heterocycles. The molecule has 2 rings (SSSR count). The van der Waals surface area contributed by atoms with Gasteiger partial charge in [-0.2, -0.15) is 5.10 Å². The zero-order chi connectivity index (χ0) is 11.4. The molecule has 1 atom stereocenters. The van der Waals surface area contributed by atoms with Crippen molar-refractivity contribution in [3.63, 3.8) is 0 Å². The highest BCUT2D eigenvalue weighted by atomic mass is 15.3. The zero-order valence-electron chi connectivity index (χ0n) is 9.98. The zero-order valence-corrected chi connectivity index (χ0v) is 9.98. The van der Waals surface area contributed by atoms with Crippen LogP contribution in [0, 0.1) is 0 Å². The maximum atomic E-state index is 4.41. The lowest BCUT2D eigenvalue weighted by atomic mass is 10.2. The Morgan fingerprint density at radius 1 is 1.38 bits per heavy atom. The lowest BCUT2D eigenvalue weighted by Crippen LogP contribution is -2.21. The number of fused-ring (bicyclic) bond motifs is 1. The van der Waals surface area contributed by atoms with Gasteiger partial charge in [0.05, 0.1) is 11.7 Å². The first-order chi connectivity index (χ1) is 7.81. The Morgan fingerprint density at radius 3 is 3.00 bits per heavy atom. The molecule has 2 aromatic rings. The van der Waals surface area contributed by atoms with Crippen LogP contribution >= 0.6 is 0 Å². The molecular formula is C13H19N3. The lowest BCUT2D eigenvalue weighted by Gasteiger charge is -2.09. The van der Waals surface area contributed by atoms with Crippen LogP contribution in [0.5, 0.6) is 0 Å². The van der Waals surface area contributed by atoms with Crippen molar-refractivity contribution in [3.05, 3.63) is 30.5 Å². The molecule has 3 nitrogen and oxygen atoms in total. The van der Waals surface area contributed by atoms with Crippen LogP contribution in [0.2, 0.25) is 0 Å². The van der Waals surface area contributed by atoms with Crippen LogP contribution in [0.25, 0.3) is 10.9 Å². The molecule has 16 heavy (non-hydrogen) atoms. The van der Waals surface area contributed by atoms with Crippen LogP contribution < -0.4 is 5.32 Å². The topological polar surface area (TPSA) is 29.9 Å². The summed E-state index contributed by atoms with van der Waals surface area (Å²) in [5.41, 5.74) is 1.24. The Bertz CT molecular complexity index is 447. The summed E-state index contributed by atoms with van der Waals surface area (Å²) in [5.74, 6) is 0. The summed E-state index contributed by atoms with van der Waals surface area (Å²) in [7, 11) is 2.01. The summed E-state index contributed by atoms with van der Waals surface area (Å²) in [6.45, 7) is 3.21. The Balaban J connectivity index is 1.99. The molecule has 1 aromatic carbocycles. The first-order valence-electron chi connectivity index (χ1n) is 5.89. The van der Waals surface area contributed by atoms with Gasteiger partial charge in [0.15, 0.2) is 0 Å². The summed E-state index contributed by atoms with van der Waals surface area (Å²) in [4.78, 5) is 0. The van der Waals surface area contributed by atoms with Crippen molar-refractivity contribution in [1.82, 2.24) is 15.1 Å². The van der Waals surface area contributed by atoms with Gasteiger partial charge in [-0.15, -0.1) is 0 Å². The van der Waals surface area contributed by atoms with Crippen LogP contribution in [0.3, 0.4) is 0 Å². The Kier molecular flexibility index (Phi) is 3.57. The van der Waals surface area contributed by atoms with E-state index in [0.717, 1.165) is 13.0 Å². The second kappa shape index (κ2) is 5.12. The van der Waals surface area contributed by atoms with Crippen molar-refractivity contribution in [2.45, 2.75) is 32.4 Å². The second-order valence-corrected chi connectivity index (χ2v) is 4.26. The van der Waals surface area contributed by atoms with E-state index >= 15 is 0 Å². The van der Waals surface area contributed by atoms with E-state index in [4.69, 9.17) is 0 Å². The van der Waals surface area contributed by atoms with Crippen molar-refractivity contribution < 1.29 is 0 Å². The third-order valence-electron chi connectivity index (χ3n) is 3.05. The van der Waals surface area contributed by atoms with Gasteiger partial charge in [0.2, 0.25) is 0 Å². The SMILES string of the molecule is CNC(C)CCCn1ncc2ccccc21. The Labute approximate surface area is 96.5 Å². The summed E-state index contributed by atoms with van der Waals surface area (Å²) in [6.07, 6.45) is 4.29. The molecule has 0 bridgehead atoms. The molecule has 0 saturated carbocycles. The molecule has 1 aromatic heterocycles. The second-order valence-electron chi connectivity index (χ2n) is 4.26. The maximum Gasteiger partial charge on any atom is 0.0682 e. The van der Waals surface area contributed by atoms with Crippen LogP contribution in [0.15, 0.2) is 30.5 Å². The van der Waals surface area contributed by atoms with E-state index in [1.54, 1.807) is 0 Å². The molecule has 0 amide bonds. The van der Waals surface area contributed by atoms with Gasteiger partial charge in [-0.25, -0.2) is 0 Å². The normalized spacial score (nSPS) is 13.1. The fraction of sp³-hybridized carbons (Fsp3) is 0.462. The number of rotatable bonds is 5.